The summed E-state index contributed by atoms with van der Waals surface area (Å²) in [5.41, 5.74) is 0.191. The summed E-state index contributed by atoms with van der Waals surface area (Å²) in [6.45, 7) is 6.66. The Morgan fingerprint density at radius 2 is 1.85 bits per heavy atom. The molecule has 1 aromatic carbocycles. The van der Waals surface area contributed by atoms with Crippen LogP contribution < -0.4 is 9.47 Å². The van der Waals surface area contributed by atoms with Gasteiger partial charge < -0.3 is 14.6 Å². The number of methoxy groups -OCH3 is 2. The Morgan fingerprint density at radius 3 is 2.40 bits per heavy atom. The molecule has 20 heavy (non-hydrogen) atoms. The molecular formula is C17H26O3. The molecular weight excluding hydrogens is 252 g/mol. The van der Waals surface area contributed by atoms with Crippen molar-refractivity contribution < 1.29 is 14.6 Å². The molecule has 3 heteroatoms. The molecule has 0 aromatic heterocycles. The quantitative estimate of drug-likeness (QED) is 0.915. The summed E-state index contributed by atoms with van der Waals surface area (Å²) in [5.74, 6) is 1.95. The van der Waals surface area contributed by atoms with Crippen molar-refractivity contribution in [2.24, 2.45) is 11.3 Å². The highest BCUT2D eigenvalue weighted by atomic mass is 16.5. The van der Waals surface area contributed by atoms with E-state index in [0.717, 1.165) is 30.6 Å². The summed E-state index contributed by atoms with van der Waals surface area (Å²) < 4.78 is 10.7. The van der Waals surface area contributed by atoms with Crippen molar-refractivity contribution in [2.75, 3.05) is 14.2 Å². The first-order valence-corrected chi connectivity index (χ1v) is 7.24. The number of hydrogen-bond donors (Lipinski definition) is 1. The number of hydrogen-bond acceptors (Lipinski definition) is 3. The Hall–Kier alpha value is -1.22. The third kappa shape index (κ3) is 2.93. The van der Waals surface area contributed by atoms with E-state index < -0.39 is 5.60 Å². The fourth-order valence-corrected chi connectivity index (χ4v) is 3.92. The van der Waals surface area contributed by atoms with Crippen LogP contribution in [0.2, 0.25) is 0 Å². The molecule has 112 valence electrons. The maximum atomic E-state index is 11.2. The first kappa shape index (κ1) is 15.2. The van der Waals surface area contributed by atoms with Gasteiger partial charge in [0.2, 0.25) is 0 Å². The Balaban J connectivity index is 2.43. The lowest BCUT2D eigenvalue weighted by molar-refractivity contribution is -0.0647. The molecule has 1 aliphatic carbocycles. The zero-order chi connectivity index (χ0) is 15.0. The smallest absolute Gasteiger partial charge is 0.128 e. The molecule has 0 spiro atoms. The van der Waals surface area contributed by atoms with Crippen LogP contribution in [0.5, 0.6) is 11.5 Å². The lowest BCUT2D eigenvalue weighted by Crippen LogP contribution is -2.40. The number of aliphatic hydroxyl groups is 1. The van der Waals surface area contributed by atoms with Gasteiger partial charge in [0, 0.05) is 11.6 Å². The summed E-state index contributed by atoms with van der Waals surface area (Å²) in [7, 11) is 3.27. The molecule has 2 unspecified atom stereocenters. The Morgan fingerprint density at radius 1 is 1.15 bits per heavy atom. The van der Waals surface area contributed by atoms with Gasteiger partial charge in [0.1, 0.15) is 11.5 Å². The fourth-order valence-electron chi connectivity index (χ4n) is 3.92. The highest BCUT2D eigenvalue weighted by Gasteiger charge is 2.44. The zero-order valence-corrected chi connectivity index (χ0v) is 13.2. The van der Waals surface area contributed by atoms with Crippen molar-refractivity contribution in [3.63, 3.8) is 0 Å². The standard InChI is InChI=1S/C17H26O3/c1-12-9-16(2,3)11-17(18,10-12)14-7-6-13(19-4)8-15(14)20-5/h6-8,12,18H,9-11H2,1-5H3. The lowest BCUT2D eigenvalue weighted by atomic mass is 9.64. The van der Waals surface area contributed by atoms with E-state index >= 15 is 0 Å². The van der Waals surface area contributed by atoms with Gasteiger partial charge in [-0.2, -0.15) is 0 Å². The van der Waals surface area contributed by atoms with Crippen LogP contribution in [0.25, 0.3) is 0 Å². The van der Waals surface area contributed by atoms with E-state index in [4.69, 9.17) is 9.47 Å². The number of ether oxygens (including phenoxy) is 2. The molecule has 2 rings (SSSR count). The van der Waals surface area contributed by atoms with Crippen LogP contribution in [0.1, 0.15) is 45.6 Å². The first-order valence-electron chi connectivity index (χ1n) is 7.24. The molecule has 2 atom stereocenters. The average molecular weight is 278 g/mol. The van der Waals surface area contributed by atoms with Gasteiger partial charge >= 0.3 is 0 Å². The molecule has 1 aromatic rings. The normalized spacial score (nSPS) is 29.0. The Labute approximate surface area is 121 Å². The van der Waals surface area contributed by atoms with Gasteiger partial charge in [0.25, 0.3) is 0 Å². The van der Waals surface area contributed by atoms with E-state index in [2.05, 4.69) is 20.8 Å². The zero-order valence-electron chi connectivity index (χ0n) is 13.2. The van der Waals surface area contributed by atoms with Gasteiger partial charge in [-0.25, -0.2) is 0 Å². The summed E-state index contributed by atoms with van der Waals surface area (Å²) in [6.07, 6.45) is 2.68. The van der Waals surface area contributed by atoms with Crippen LogP contribution in [0.3, 0.4) is 0 Å². The second kappa shape index (κ2) is 5.28. The van der Waals surface area contributed by atoms with Crippen molar-refractivity contribution in [1.29, 1.82) is 0 Å². The van der Waals surface area contributed by atoms with Gasteiger partial charge in [-0.3, -0.25) is 0 Å². The predicted molar refractivity (Wildman–Crippen MR) is 80.2 cm³/mol. The largest absolute Gasteiger partial charge is 0.497 e. The molecule has 0 radical (unpaired) electrons. The highest BCUT2D eigenvalue weighted by molar-refractivity contribution is 5.44. The average Bonchev–Trinajstić information content (AvgIpc) is 2.34. The molecule has 1 N–H and O–H groups in total. The number of rotatable bonds is 3. The summed E-state index contributed by atoms with van der Waals surface area (Å²) >= 11 is 0. The van der Waals surface area contributed by atoms with Crippen LogP contribution in [0, 0.1) is 11.3 Å². The third-order valence-electron chi connectivity index (χ3n) is 4.27. The molecule has 0 amide bonds. The summed E-state index contributed by atoms with van der Waals surface area (Å²) in [6, 6.07) is 5.67. The fraction of sp³-hybridized carbons (Fsp3) is 0.647. The van der Waals surface area contributed by atoms with Crippen LogP contribution in [0.4, 0.5) is 0 Å². The SMILES string of the molecule is COc1ccc(C2(O)CC(C)CC(C)(C)C2)c(OC)c1. The van der Waals surface area contributed by atoms with E-state index in [1.54, 1.807) is 14.2 Å². The second-order valence-electron chi connectivity index (χ2n) is 6.95. The van der Waals surface area contributed by atoms with Crippen LogP contribution >= 0.6 is 0 Å². The van der Waals surface area contributed by atoms with Gasteiger partial charge in [0.05, 0.1) is 19.8 Å². The van der Waals surface area contributed by atoms with Gasteiger partial charge in [-0.1, -0.05) is 20.8 Å². The van der Waals surface area contributed by atoms with Crippen LogP contribution in [-0.4, -0.2) is 19.3 Å². The van der Waals surface area contributed by atoms with Crippen LogP contribution in [0.15, 0.2) is 18.2 Å². The van der Waals surface area contributed by atoms with Crippen LogP contribution in [-0.2, 0) is 5.60 Å². The van der Waals surface area contributed by atoms with Gasteiger partial charge in [-0.05, 0) is 42.7 Å². The van der Waals surface area contributed by atoms with E-state index in [1.165, 1.54) is 0 Å². The molecule has 0 aliphatic heterocycles. The molecule has 3 nitrogen and oxygen atoms in total. The summed E-state index contributed by atoms with van der Waals surface area (Å²) in [4.78, 5) is 0. The highest BCUT2D eigenvalue weighted by Crippen LogP contribution is 2.50. The molecule has 0 bridgehead atoms. The van der Waals surface area contributed by atoms with Crippen molar-refractivity contribution in [2.45, 2.75) is 45.6 Å². The predicted octanol–water partition coefficient (Wildman–Crippen LogP) is 3.74. The minimum absolute atomic E-state index is 0.136. The minimum atomic E-state index is -0.821. The molecule has 1 saturated carbocycles. The number of benzene rings is 1. The first-order chi connectivity index (χ1) is 9.29. The summed E-state index contributed by atoms with van der Waals surface area (Å²) in [5, 5.41) is 11.2. The van der Waals surface area contributed by atoms with Gasteiger partial charge in [-0.15, -0.1) is 0 Å². The third-order valence-corrected chi connectivity index (χ3v) is 4.27. The minimum Gasteiger partial charge on any atom is -0.497 e. The topological polar surface area (TPSA) is 38.7 Å². The van der Waals surface area contributed by atoms with E-state index in [9.17, 15) is 5.11 Å². The molecule has 1 aliphatic rings. The monoisotopic (exact) mass is 278 g/mol. The Bertz CT molecular complexity index is 481. The molecule has 0 heterocycles. The Kier molecular flexibility index (Phi) is 4.01. The molecule has 0 saturated heterocycles. The van der Waals surface area contributed by atoms with Crippen molar-refractivity contribution in [1.82, 2.24) is 0 Å². The van der Waals surface area contributed by atoms with Crippen molar-refractivity contribution >= 4 is 0 Å². The van der Waals surface area contributed by atoms with Crippen molar-refractivity contribution in [3.05, 3.63) is 23.8 Å². The van der Waals surface area contributed by atoms with E-state index in [0.29, 0.717) is 11.7 Å². The van der Waals surface area contributed by atoms with E-state index in [1.807, 2.05) is 18.2 Å². The maximum absolute atomic E-state index is 11.2. The van der Waals surface area contributed by atoms with Gasteiger partial charge in [0.15, 0.2) is 0 Å². The van der Waals surface area contributed by atoms with E-state index in [-0.39, 0.29) is 5.41 Å². The second-order valence-corrected chi connectivity index (χ2v) is 6.95. The molecule has 1 fully saturated rings. The maximum Gasteiger partial charge on any atom is 0.128 e. The lowest BCUT2D eigenvalue weighted by Gasteiger charge is -2.45. The van der Waals surface area contributed by atoms with Crippen molar-refractivity contribution in [3.8, 4) is 11.5 Å².